The smallest absolute Gasteiger partial charge is 0.306 e. The zero-order valence-corrected chi connectivity index (χ0v) is 44.1. The zero-order chi connectivity index (χ0) is 46.9. The molecule has 0 amide bonds. The number of rotatable bonds is 52. The van der Waals surface area contributed by atoms with Crippen molar-refractivity contribution in [2.24, 2.45) is 0 Å². The first-order chi connectivity index (χ1) is 31.1. The van der Waals surface area contributed by atoms with Crippen LogP contribution < -0.4 is 4.89 Å². The van der Waals surface area contributed by atoms with Crippen LogP contribution in [-0.2, 0) is 27.9 Å². The number of carbonyl (C=O) groups excluding carboxylic acids is 1. The highest BCUT2D eigenvalue weighted by atomic mass is 31.2. The van der Waals surface area contributed by atoms with Gasteiger partial charge < -0.3 is 27.9 Å². The Labute approximate surface area is 398 Å². The molecule has 0 aromatic carbocycles. The van der Waals surface area contributed by atoms with E-state index in [0.29, 0.717) is 24.1 Å². The van der Waals surface area contributed by atoms with Gasteiger partial charge in [0.1, 0.15) is 19.3 Å². The number of quaternary nitrogens is 1. The predicted octanol–water partition coefficient (Wildman–Crippen LogP) is 16.5. The van der Waals surface area contributed by atoms with E-state index >= 15 is 0 Å². The minimum Gasteiger partial charge on any atom is -0.756 e. The summed E-state index contributed by atoms with van der Waals surface area (Å²) in [5, 5.41) is 0. The van der Waals surface area contributed by atoms with Gasteiger partial charge in [0.2, 0.25) is 0 Å². The highest BCUT2D eigenvalue weighted by molar-refractivity contribution is 7.45. The van der Waals surface area contributed by atoms with E-state index in [2.05, 4.69) is 38.2 Å². The number of nitrogens with zero attached hydrogens (tertiary/aromatic N) is 1. The molecule has 0 spiro atoms. The molecule has 380 valence electrons. The van der Waals surface area contributed by atoms with Gasteiger partial charge in [-0.1, -0.05) is 237 Å². The van der Waals surface area contributed by atoms with Crippen LogP contribution in [0.15, 0.2) is 24.3 Å². The predicted molar refractivity (Wildman–Crippen MR) is 273 cm³/mol. The average Bonchev–Trinajstić information content (AvgIpc) is 3.25. The molecule has 0 aliphatic carbocycles. The summed E-state index contributed by atoms with van der Waals surface area (Å²) in [5.74, 6) is -0.330. The molecule has 2 atom stereocenters. The zero-order valence-electron chi connectivity index (χ0n) is 43.3. The maximum absolute atomic E-state index is 12.8. The van der Waals surface area contributed by atoms with Gasteiger partial charge in [0.25, 0.3) is 7.82 Å². The van der Waals surface area contributed by atoms with E-state index in [9.17, 15) is 14.3 Å². The van der Waals surface area contributed by atoms with Crippen LogP contribution in [0, 0.1) is 0 Å². The van der Waals surface area contributed by atoms with Crippen LogP contribution in [0.2, 0.25) is 0 Å². The van der Waals surface area contributed by atoms with Crippen LogP contribution in [-0.4, -0.2) is 70.7 Å². The molecule has 0 radical (unpaired) electrons. The van der Waals surface area contributed by atoms with Crippen LogP contribution in [0.25, 0.3) is 0 Å². The lowest BCUT2D eigenvalue weighted by molar-refractivity contribution is -0.870. The minimum absolute atomic E-state index is 0.0284. The van der Waals surface area contributed by atoms with Crippen molar-refractivity contribution in [3.8, 4) is 0 Å². The number of likely N-dealkylation sites (N-methyl/N-ethyl adjacent to an activating group) is 1. The minimum atomic E-state index is -4.53. The molecule has 0 aliphatic rings. The summed E-state index contributed by atoms with van der Waals surface area (Å²) in [6, 6.07) is 0. The summed E-state index contributed by atoms with van der Waals surface area (Å²) in [6.07, 6.45) is 57.8. The summed E-state index contributed by atoms with van der Waals surface area (Å²) in [4.78, 5) is 25.2. The Hall–Kier alpha value is -1.02. The molecule has 2 unspecified atom stereocenters. The average molecular weight is 926 g/mol. The third-order valence-corrected chi connectivity index (χ3v) is 13.2. The van der Waals surface area contributed by atoms with E-state index in [1.807, 2.05) is 21.1 Å². The number of phosphoric acid groups is 1. The molecule has 0 heterocycles. The summed E-state index contributed by atoms with van der Waals surface area (Å²) in [5.41, 5.74) is 0. The molecule has 0 saturated heterocycles. The largest absolute Gasteiger partial charge is 0.756 e. The fourth-order valence-corrected chi connectivity index (χ4v) is 8.72. The second kappa shape index (κ2) is 48.4. The topological polar surface area (TPSA) is 94.1 Å². The third kappa shape index (κ3) is 52.0. The van der Waals surface area contributed by atoms with Gasteiger partial charge in [-0.25, -0.2) is 0 Å². The maximum Gasteiger partial charge on any atom is 0.306 e. The van der Waals surface area contributed by atoms with E-state index in [1.54, 1.807) is 0 Å². The Kier molecular flexibility index (Phi) is 47.7. The van der Waals surface area contributed by atoms with E-state index in [-0.39, 0.29) is 25.8 Å². The molecule has 0 aliphatic heterocycles. The first-order valence-electron chi connectivity index (χ1n) is 27.6. The number of esters is 1. The number of unbranched alkanes of at least 4 members (excludes halogenated alkanes) is 34. The van der Waals surface area contributed by atoms with Crippen molar-refractivity contribution in [1.82, 2.24) is 0 Å². The number of phosphoric ester groups is 1. The molecule has 0 aromatic heterocycles. The van der Waals surface area contributed by atoms with Crippen molar-refractivity contribution < 1.29 is 37.3 Å². The molecule has 0 saturated carbocycles. The van der Waals surface area contributed by atoms with Gasteiger partial charge in [-0.3, -0.25) is 9.36 Å². The van der Waals surface area contributed by atoms with Crippen LogP contribution in [0.4, 0.5) is 0 Å². The summed E-state index contributed by atoms with van der Waals surface area (Å²) in [7, 11) is 1.37. The lowest BCUT2D eigenvalue weighted by atomic mass is 10.0. The summed E-state index contributed by atoms with van der Waals surface area (Å²) < 4.78 is 34.8. The van der Waals surface area contributed by atoms with Crippen molar-refractivity contribution in [3.05, 3.63) is 24.3 Å². The third-order valence-electron chi connectivity index (χ3n) is 12.3. The number of hydrogen-bond acceptors (Lipinski definition) is 7. The number of hydrogen-bond donors (Lipinski definition) is 0. The molecule has 0 bridgehead atoms. The summed E-state index contributed by atoms with van der Waals surface area (Å²) in [6.45, 7) is 5.46. The van der Waals surface area contributed by atoms with E-state index in [4.69, 9.17) is 18.5 Å². The van der Waals surface area contributed by atoms with Gasteiger partial charge >= 0.3 is 5.97 Å². The monoisotopic (exact) mass is 926 g/mol. The van der Waals surface area contributed by atoms with Crippen LogP contribution in [0.3, 0.4) is 0 Å². The second-order valence-corrected chi connectivity index (χ2v) is 21.4. The maximum atomic E-state index is 12.8. The van der Waals surface area contributed by atoms with Gasteiger partial charge in [-0.2, -0.15) is 0 Å². The Bertz CT molecular complexity index is 1080. The van der Waals surface area contributed by atoms with Crippen molar-refractivity contribution in [3.63, 3.8) is 0 Å². The standard InChI is InChI=1S/C55H108NO7P/c1-6-8-10-12-14-16-18-20-22-24-26-27-28-29-30-32-34-36-38-40-42-44-46-48-55(57)63-54(53-62-64(58,59)61-51-49-56(3,4)5)52-60-50-47-45-43-41-39-37-35-33-31-25-23-21-19-17-15-13-11-9-7-2/h18,20,24,26,54H,6-17,19,21-23,25,27-53H2,1-5H3/b20-18-,26-24-. The van der Waals surface area contributed by atoms with Crippen molar-refractivity contribution in [1.29, 1.82) is 0 Å². The lowest BCUT2D eigenvalue weighted by Gasteiger charge is -2.28. The normalized spacial score (nSPS) is 13.7. The van der Waals surface area contributed by atoms with Crippen molar-refractivity contribution >= 4 is 13.8 Å². The van der Waals surface area contributed by atoms with E-state index in [0.717, 1.165) is 38.5 Å². The molecule has 0 N–H and O–H groups in total. The van der Waals surface area contributed by atoms with E-state index < -0.39 is 13.9 Å². The van der Waals surface area contributed by atoms with Gasteiger partial charge in [0, 0.05) is 13.0 Å². The fraction of sp³-hybridized carbons (Fsp3) is 0.909. The quantitative estimate of drug-likeness (QED) is 0.0197. The van der Waals surface area contributed by atoms with Gasteiger partial charge in [0.05, 0.1) is 34.4 Å². The molecule has 0 rings (SSSR count). The Morgan fingerprint density at radius 1 is 0.484 bits per heavy atom. The van der Waals surface area contributed by atoms with Gasteiger partial charge in [0.15, 0.2) is 0 Å². The first kappa shape index (κ1) is 63.0. The first-order valence-corrected chi connectivity index (χ1v) is 29.0. The van der Waals surface area contributed by atoms with Crippen molar-refractivity contribution in [2.75, 3.05) is 54.1 Å². The van der Waals surface area contributed by atoms with E-state index in [1.165, 1.54) is 205 Å². The Balaban J connectivity index is 4.07. The number of carbonyl (C=O) groups is 1. The van der Waals surface area contributed by atoms with Crippen LogP contribution in [0.1, 0.15) is 264 Å². The highest BCUT2D eigenvalue weighted by Crippen LogP contribution is 2.38. The molecular formula is C55H108NO7P. The van der Waals surface area contributed by atoms with Crippen molar-refractivity contribution in [2.45, 2.75) is 270 Å². The SMILES string of the molecule is CCCCCCC/C=C\C/C=C\CCCCCCCCCCCCCC(=O)OC(COCCCCCCCCCCCCCCCCCCCCC)COP(=O)([O-])OCC[N+](C)(C)C. The second-order valence-electron chi connectivity index (χ2n) is 20.0. The molecule has 0 aromatic rings. The highest BCUT2D eigenvalue weighted by Gasteiger charge is 2.20. The lowest BCUT2D eigenvalue weighted by Crippen LogP contribution is -2.37. The molecule has 64 heavy (non-hydrogen) atoms. The number of allylic oxidation sites excluding steroid dienone is 4. The van der Waals surface area contributed by atoms with Crippen LogP contribution >= 0.6 is 7.82 Å². The molecule has 9 heteroatoms. The van der Waals surface area contributed by atoms with Gasteiger partial charge in [-0.05, 0) is 44.9 Å². The number of ether oxygens (including phenoxy) is 2. The fourth-order valence-electron chi connectivity index (χ4n) is 7.99. The molecular weight excluding hydrogens is 818 g/mol. The van der Waals surface area contributed by atoms with Gasteiger partial charge in [-0.15, -0.1) is 0 Å². The molecule has 8 nitrogen and oxygen atoms in total. The Morgan fingerprint density at radius 3 is 1.27 bits per heavy atom. The van der Waals surface area contributed by atoms with Crippen LogP contribution in [0.5, 0.6) is 0 Å². The Morgan fingerprint density at radius 2 is 0.859 bits per heavy atom. The summed E-state index contributed by atoms with van der Waals surface area (Å²) >= 11 is 0. The molecule has 0 fully saturated rings.